The van der Waals surface area contributed by atoms with Crippen molar-refractivity contribution in [3.8, 4) is 0 Å². The van der Waals surface area contributed by atoms with E-state index in [1.54, 1.807) is 12.1 Å². The topological polar surface area (TPSA) is 0 Å². The second-order valence-corrected chi connectivity index (χ2v) is 4.53. The standard InChI is InChI=1S/C11H12BrF/c1-9(12)3-2-4-10-5-7-11(13)8-6-10/h2,4-9H,3H2,1H3/b4-2+. The van der Waals surface area contributed by atoms with E-state index in [9.17, 15) is 4.39 Å². The van der Waals surface area contributed by atoms with Crippen LogP contribution in [-0.4, -0.2) is 4.83 Å². The van der Waals surface area contributed by atoms with Crippen LogP contribution in [0.25, 0.3) is 6.08 Å². The van der Waals surface area contributed by atoms with Crippen molar-refractivity contribution in [3.63, 3.8) is 0 Å². The van der Waals surface area contributed by atoms with E-state index in [1.165, 1.54) is 12.1 Å². The number of halogens is 2. The largest absolute Gasteiger partial charge is 0.207 e. The van der Waals surface area contributed by atoms with Crippen LogP contribution in [0.1, 0.15) is 18.9 Å². The maximum atomic E-state index is 12.5. The van der Waals surface area contributed by atoms with Gasteiger partial charge in [0.1, 0.15) is 5.82 Å². The SMILES string of the molecule is CC(Br)C/C=C/c1ccc(F)cc1. The summed E-state index contributed by atoms with van der Waals surface area (Å²) >= 11 is 3.45. The molecule has 0 bridgehead atoms. The summed E-state index contributed by atoms with van der Waals surface area (Å²) in [6.45, 7) is 2.09. The van der Waals surface area contributed by atoms with Gasteiger partial charge in [0.15, 0.2) is 0 Å². The Morgan fingerprint density at radius 3 is 2.54 bits per heavy atom. The lowest BCUT2D eigenvalue weighted by Gasteiger charge is -1.95. The zero-order chi connectivity index (χ0) is 9.68. The van der Waals surface area contributed by atoms with Gasteiger partial charge in [0.25, 0.3) is 0 Å². The smallest absolute Gasteiger partial charge is 0.123 e. The molecule has 0 amide bonds. The van der Waals surface area contributed by atoms with Gasteiger partial charge in [-0.1, -0.05) is 47.1 Å². The Morgan fingerprint density at radius 2 is 2.00 bits per heavy atom. The Bertz CT molecular complexity index is 275. The van der Waals surface area contributed by atoms with E-state index >= 15 is 0 Å². The van der Waals surface area contributed by atoms with Gasteiger partial charge in [0.2, 0.25) is 0 Å². The molecular weight excluding hydrogens is 231 g/mol. The van der Waals surface area contributed by atoms with Crippen LogP contribution in [-0.2, 0) is 0 Å². The Balaban J connectivity index is 2.54. The molecule has 0 aromatic heterocycles. The quantitative estimate of drug-likeness (QED) is 0.703. The van der Waals surface area contributed by atoms with Crippen LogP contribution in [0.3, 0.4) is 0 Å². The van der Waals surface area contributed by atoms with Gasteiger partial charge in [-0.2, -0.15) is 0 Å². The molecule has 1 unspecified atom stereocenters. The van der Waals surface area contributed by atoms with Crippen LogP contribution in [0.15, 0.2) is 30.3 Å². The van der Waals surface area contributed by atoms with Gasteiger partial charge in [-0.25, -0.2) is 4.39 Å². The third-order valence-electron chi connectivity index (χ3n) is 1.64. The normalized spacial score (nSPS) is 13.5. The average Bonchev–Trinajstić information content (AvgIpc) is 2.08. The first-order chi connectivity index (χ1) is 6.18. The molecule has 1 aromatic carbocycles. The number of rotatable bonds is 3. The third-order valence-corrected chi connectivity index (χ3v) is 2.02. The molecule has 0 saturated heterocycles. The molecule has 0 fully saturated rings. The fourth-order valence-corrected chi connectivity index (χ4v) is 1.18. The van der Waals surface area contributed by atoms with Crippen LogP contribution in [0.5, 0.6) is 0 Å². The molecule has 70 valence electrons. The van der Waals surface area contributed by atoms with Gasteiger partial charge in [-0.05, 0) is 24.1 Å². The number of hydrogen-bond donors (Lipinski definition) is 0. The number of allylic oxidation sites excluding steroid dienone is 1. The van der Waals surface area contributed by atoms with Crippen molar-refractivity contribution >= 4 is 22.0 Å². The maximum Gasteiger partial charge on any atom is 0.123 e. The average molecular weight is 243 g/mol. The molecule has 0 aliphatic rings. The van der Waals surface area contributed by atoms with Gasteiger partial charge in [-0.3, -0.25) is 0 Å². The van der Waals surface area contributed by atoms with E-state index < -0.39 is 0 Å². The van der Waals surface area contributed by atoms with E-state index in [2.05, 4.69) is 28.9 Å². The van der Waals surface area contributed by atoms with E-state index in [1.807, 2.05) is 6.08 Å². The minimum Gasteiger partial charge on any atom is -0.207 e. The second-order valence-electron chi connectivity index (χ2n) is 2.97. The Hall–Kier alpha value is -0.630. The van der Waals surface area contributed by atoms with Crippen LogP contribution >= 0.6 is 15.9 Å². The molecule has 0 N–H and O–H groups in total. The minimum absolute atomic E-state index is 0.189. The molecule has 1 aromatic rings. The molecule has 0 aliphatic carbocycles. The lowest BCUT2D eigenvalue weighted by atomic mass is 10.2. The van der Waals surface area contributed by atoms with Crippen molar-refractivity contribution in [2.75, 3.05) is 0 Å². The first-order valence-electron chi connectivity index (χ1n) is 4.24. The molecule has 0 saturated carbocycles. The summed E-state index contributed by atoms with van der Waals surface area (Å²) in [5, 5.41) is 0. The fourth-order valence-electron chi connectivity index (χ4n) is 0.966. The highest BCUT2D eigenvalue weighted by molar-refractivity contribution is 9.09. The summed E-state index contributed by atoms with van der Waals surface area (Å²) in [4.78, 5) is 0.490. The van der Waals surface area contributed by atoms with Crippen molar-refractivity contribution in [1.82, 2.24) is 0 Å². The van der Waals surface area contributed by atoms with E-state index in [0.717, 1.165) is 12.0 Å². The lowest BCUT2D eigenvalue weighted by molar-refractivity contribution is 0.628. The number of benzene rings is 1. The first kappa shape index (κ1) is 10.5. The highest BCUT2D eigenvalue weighted by Crippen LogP contribution is 2.08. The van der Waals surface area contributed by atoms with Crippen LogP contribution < -0.4 is 0 Å². The fraction of sp³-hybridized carbons (Fsp3) is 0.273. The lowest BCUT2D eigenvalue weighted by Crippen LogP contribution is -1.84. The highest BCUT2D eigenvalue weighted by atomic mass is 79.9. The molecule has 0 heterocycles. The summed E-state index contributed by atoms with van der Waals surface area (Å²) in [6, 6.07) is 6.48. The van der Waals surface area contributed by atoms with Gasteiger partial charge in [-0.15, -0.1) is 0 Å². The minimum atomic E-state index is -0.189. The van der Waals surface area contributed by atoms with Gasteiger partial charge in [0.05, 0.1) is 0 Å². The van der Waals surface area contributed by atoms with Crippen molar-refractivity contribution in [2.45, 2.75) is 18.2 Å². The van der Waals surface area contributed by atoms with E-state index in [0.29, 0.717) is 4.83 Å². The predicted molar refractivity (Wildman–Crippen MR) is 58.4 cm³/mol. The zero-order valence-corrected chi connectivity index (χ0v) is 9.09. The number of hydrogen-bond acceptors (Lipinski definition) is 0. The summed E-state index contributed by atoms with van der Waals surface area (Å²) in [5.74, 6) is -0.189. The Kier molecular flexibility index (Phi) is 4.16. The first-order valence-corrected chi connectivity index (χ1v) is 5.16. The molecule has 0 nitrogen and oxygen atoms in total. The van der Waals surface area contributed by atoms with Crippen LogP contribution in [0, 0.1) is 5.82 Å². The summed E-state index contributed by atoms with van der Waals surface area (Å²) < 4.78 is 12.5. The Morgan fingerprint density at radius 1 is 1.38 bits per heavy atom. The van der Waals surface area contributed by atoms with Crippen LogP contribution in [0.2, 0.25) is 0 Å². The van der Waals surface area contributed by atoms with Gasteiger partial charge < -0.3 is 0 Å². The van der Waals surface area contributed by atoms with Crippen molar-refractivity contribution in [2.24, 2.45) is 0 Å². The molecule has 13 heavy (non-hydrogen) atoms. The predicted octanol–water partition coefficient (Wildman–Crippen LogP) is 4.01. The van der Waals surface area contributed by atoms with Gasteiger partial charge >= 0.3 is 0 Å². The second kappa shape index (κ2) is 5.18. The van der Waals surface area contributed by atoms with E-state index in [-0.39, 0.29) is 5.82 Å². The zero-order valence-electron chi connectivity index (χ0n) is 7.50. The maximum absolute atomic E-state index is 12.5. The third kappa shape index (κ3) is 4.23. The molecule has 0 aliphatic heterocycles. The van der Waals surface area contributed by atoms with Crippen molar-refractivity contribution in [1.29, 1.82) is 0 Å². The summed E-state index contributed by atoms with van der Waals surface area (Å²) in [6.07, 6.45) is 5.06. The molecule has 2 heteroatoms. The summed E-state index contributed by atoms with van der Waals surface area (Å²) in [7, 11) is 0. The molecular formula is C11H12BrF. The van der Waals surface area contributed by atoms with E-state index in [4.69, 9.17) is 0 Å². The molecule has 0 spiro atoms. The molecule has 1 rings (SSSR count). The highest BCUT2D eigenvalue weighted by Gasteiger charge is 1.91. The molecule has 1 atom stereocenters. The van der Waals surface area contributed by atoms with Crippen LogP contribution in [0.4, 0.5) is 4.39 Å². The monoisotopic (exact) mass is 242 g/mol. The van der Waals surface area contributed by atoms with Crippen molar-refractivity contribution < 1.29 is 4.39 Å². The van der Waals surface area contributed by atoms with Gasteiger partial charge in [0, 0.05) is 4.83 Å². The summed E-state index contributed by atoms with van der Waals surface area (Å²) in [5.41, 5.74) is 1.04. The Labute approximate surface area is 86.6 Å². The van der Waals surface area contributed by atoms with Crippen molar-refractivity contribution in [3.05, 3.63) is 41.7 Å². The number of alkyl halides is 1. The molecule has 0 radical (unpaired) electrons.